The van der Waals surface area contributed by atoms with E-state index in [1.54, 1.807) is 49.4 Å². The second-order valence-corrected chi connectivity index (χ2v) is 5.61. The third kappa shape index (κ3) is 4.53. The summed E-state index contributed by atoms with van der Waals surface area (Å²) in [5.74, 6) is 0.182. The lowest BCUT2D eigenvalue weighted by molar-refractivity contribution is -0.122. The summed E-state index contributed by atoms with van der Waals surface area (Å²) in [4.78, 5) is 12.1. The Morgan fingerprint density at radius 2 is 1.81 bits per heavy atom. The Morgan fingerprint density at radius 3 is 2.52 bits per heavy atom. The van der Waals surface area contributed by atoms with Gasteiger partial charge in [-0.1, -0.05) is 40.9 Å². The Balaban J connectivity index is 2.04. The number of hydrogen-bond donors (Lipinski definition) is 1. The molecule has 2 aromatic carbocycles. The van der Waals surface area contributed by atoms with Crippen LogP contribution in [0.15, 0.2) is 42.5 Å². The predicted molar refractivity (Wildman–Crippen MR) is 86.6 cm³/mol. The molecule has 6 heteroatoms. The SMILES string of the molecule is C[C@H](Oc1cccc(Cl)c1)C(=O)Nc1cc(Cl)ccc1Cl. The van der Waals surface area contributed by atoms with Crippen molar-refractivity contribution in [2.75, 3.05) is 5.32 Å². The van der Waals surface area contributed by atoms with Crippen LogP contribution in [0.1, 0.15) is 6.92 Å². The van der Waals surface area contributed by atoms with Gasteiger partial charge in [-0.05, 0) is 43.3 Å². The predicted octanol–water partition coefficient (Wildman–Crippen LogP) is 5.05. The standard InChI is InChI=1S/C15H12Cl3NO2/c1-9(21-12-4-2-3-10(16)7-12)15(20)19-14-8-11(17)5-6-13(14)18/h2-9H,1H3,(H,19,20)/t9-/m0/s1. The fraction of sp³-hybridized carbons (Fsp3) is 0.133. The summed E-state index contributed by atoms with van der Waals surface area (Å²) in [7, 11) is 0. The minimum absolute atomic E-state index is 0.334. The molecule has 0 aromatic heterocycles. The maximum atomic E-state index is 12.1. The largest absolute Gasteiger partial charge is 0.481 e. The van der Waals surface area contributed by atoms with Crippen molar-refractivity contribution in [3.63, 3.8) is 0 Å². The highest BCUT2D eigenvalue weighted by atomic mass is 35.5. The molecule has 21 heavy (non-hydrogen) atoms. The second-order valence-electron chi connectivity index (χ2n) is 4.33. The van der Waals surface area contributed by atoms with E-state index in [4.69, 9.17) is 39.5 Å². The van der Waals surface area contributed by atoms with Crippen LogP contribution in [-0.4, -0.2) is 12.0 Å². The van der Waals surface area contributed by atoms with Gasteiger partial charge < -0.3 is 10.1 Å². The molecule has 0 saturated heterocycles. The smallest absolute Gasteiger partial charge is 0.265 e. The zero-order valence-electron chi connectivity index (χ0n) is 11.1. The van der Waals surface area contributed by atoms with E-state index < -0.39 is 6.10 Å². The van der Waals surface area contributed by atoms with Gasteiger partial charge in [0, 0.05) is 10.0 Å². The average Bonchev–Trinajstić information content (AvgIpc) is 2.43. The molecule has 0 heterocycles. The molecule has 3 nitrogen and oxygen atoms in total. The van der Waals surface area contributed by atoms with E-state index in [2.05, 4.69) is 5.32 Å². The molecule has 0 aliphatic heterocycles. The number of nitrogens with one attached hydrogen (secondary N) is 1. The molecule has 0 fully saturated rings. The molecule has 1 atom stereocenters. The summed E-state index contributed by atoms with van der Waals surface area (Å²) in [6.07, 6.45) is -0.710. The average molecular weight is 345 g/mol. The van der Waals surface area contributed by atoms with Crippen LogP contribution in [0.25, 0.3) is 0 Å². The van der Waals surface area contributed by atoms with Crippen molar-refractivity contribution >= 4 is 46.4 Å². The Labute approximate surface area is 137 Å². The molecule has 0 aliphatic carbocycles. The first kappa shape index (κ1) is 16.0. The second kappa shape index (κ2) is 7.03. The Hall–Kier alpha value is -1.42. The Morgan fingerprint density at radius 1 is 1.10 bits per heavy atom. The van der Waals surface area contributed by atoms with Crippen LogP contribution in [0.5, 0.6) is 5.75 Å². The van der Waals surface area contributed by atoms with Gasteiger partial charge in [-0.3, -0.25) is 4.79 Å². The molecule has 0 saturated carbocycles. The maximum Gasteiger partial charge on any atom is 0.265 e. The monoisotopic (exact) mass is 343 g/mol. The minimum atomic E-state index is -0.710. The zero-order valence-corrected chi connectivity index (χ0v) is 13.3. The molecule has 110 valence electrons. The number of carbonyl (C=O) groups excluding carboxylic acids is 1. The number of ether oxygens (including phenoxy) is 1. The van der Waals surface area contributed by atoms with Gasteiger partial charge in [-0.2, -0.15) is 0 Å². The van der Waals surface area contributed by atoms with Gasteiger partial charge in [-0.25, -0.2) is 0 Å². The van der Waals surface area contributed by atoms with E-state index in [9.17, 15) is 4.79 Å². The highest BCUT2D eigenvalue weighted by Crippen LogP contribution is 2.26. The topological polar surface area (TPSA) is 38.3 Å². The van der Waals surface area contributed by atoms with Gasteiger partial charge >= 0.3 is 0 Å². The quantitative estimate of drug-likeness (QED) is 0.842. The Kier molecular flexibility index (Phi) is 5.34. The molecule has 2 aromatic rings. The third-order valence-electron chi connectivity index (χ3n) is 2.66. The van der Waals surface area contributed by atoms with Crippen LogP contribution in [0.3, 0.4) is 0 Å². The Bertz CT molecular complexity index is 661. The van der Waals surface area contributed by atoms with Crippen molar-refractivity contribution in [1.29, 1.82) is 0 Å². The molecule has 0 radical (unpaired) electrons. The van der Waals surface area contributed by atoms with Gasteiger partial charge in [0.05, 0.1) is 10.7 Å². The highest BCUT2D eigenvalue weighted by molar-refractivity contribution is 6.35. The minimum Gasteiger partial charge on any atom is -0.481 e. The maximum absolute atomic E-state index is 12.1. The van der Waals surface area contributed by atoms with Crippen LogP contribution >= 0.6 is 34.8 Å². The molecule has 0 spiro atoms. The van der Waals surface area contributed by atoms with Crippen LogP contribution < -0.4 is 10.1 Å². The molecule has 1 amide bonds. The van der Waals surface area contributed by atoms with Crippen molar-refractivity contribution in [2.24, 2.45) is 0 Å². The number of anilines is 1. The van der Waals surface area contributed by atoms with E-state index in [1.165, 1.54) is 0 Å². The summed E-state index contributed by atoms with van der Waals surface area (Å²) in [6, 6.07) is 11.7. The van der Waals surface area contributed by atoms with Crippen molar-refractivity contribution in [3.05, 3.63) is 57.5 Å². The fourth-order valence-corrected chi connectivity index (χ4v) is 2.14. The van der Waals surface area contributed by atoms with Crippen LogP contribution in [0.4, 0.5) is 5.69 Å². The lowest BCUT2D eigenvalue weighted by Crippen LogP contribution is -2.30. The molecule has 1 N–H and O–H groups in total. The third-order valence-corrected chi connectivity index (χ3v) is 3.46. The van der Waals surface area contributed by atoms with Crippen LogP contribution in [0, 0.1) is 0 Å². The van der Waals surface area contributed by atoms with Gasteiger partial charge in [0.2, 0.25) is 0 Å². The lowest BCUT2D eigenvalue weighted by atomic mass is 10.3. The van der Waals surface area contributed by atoms with Gasteiger partial charge in [0.1, 0.15) is 5.75 Å². The number of amides is 1. The number of benzene rings is 2. The molecular weight excluding hydrogens is 333 g/mol. The summed E-state index contributed by atoms with van der Waals surface area (Å²) >= 11 is 17.7. The van der Waals surface area contributed by atoms with Crippen LogP contribution in [0.2, 0.25) is 15.1 Å². The van der Waals surface area contributed by atoms with E-state index in [1.807, 2.05) is 0 Å². The number of rotatable bonds is 4. The van der Waals surface area contributed by atoms with E-state index >= 15 is 0 Å². The summed E-state index contributed by atoms with van der Waals surface area (Å²) in [5.41, 5.74) is 0.440. The summed E-state index contributed by atoms with van der Waals surface area (Å²) < 4.78 is 5.53. The van der Waals surface area contributed by atoms with Crippen molar-refractivity contribution in [2.45, 2.75) is 13.0 Å². The number of carbonyl (C=O) groups is 1. The molecule has 0 aliphatic rings. The highest BCUT2D eigenvalue weighted by Gasteiger charge is 2.16. The number of hydrogen-bond acceptors (Lipinski definition) is 2. The number of halogens is 3. The first-order valence-electron chi connectivity index (χ1n) is 6.14. The molecule has 0 unspecified atom stereocenters. The fourth-order valence-electron chi connectivity index (χ4n) is 1.63. The molecule has 0 bridgehead atoms. The van der Waals surface area contributed by atoms with Crippen molar-refractivity contribution in [1.82, 2.24) is 0 Å². The van der Waals surface area contributed by atoms with E-state index in [0.29, 0.717) is 26.5 Å². The normalized spacial score (nSPS) is 11.8. The molecule has 2 rings (SSSR count). The summed E-state index contributed by atoms with van der Waals surface area (Å²) in [5, 5.41) is 4.10. The van der Waals surface area contributed by atoms with E-state index in [-0.39, 0.29) is 5.91 Å². The molecular formula is C15H12Cl3NO2. The van der Waals surface area contributed by atoms with Gasteiger partial charge in [0.25, 0.3) is 5.91 Å². The first-order valence-corrected chi connectivity index (χ1v) is 7.27. The van der Waals surface area contributed by atoms with E-state index in [0.717, 1.165) is 0 Å². The van der Waals surface area contributed by atoms with Gasteiger partial charge in [0.15, 0.2) is 6.10 Å². The lowest BCUT2D eigenvalue weighted by Gasteiger charge is -2.15. The summed E-state index contributed by atoms with van der Waals surface area (Å²) in [6.45, 7) is 1.63. The van der Waals surface area contributed by atoms with Crippen molar-refractivity contribution < 1.29 is 9.53 Å². The van der Waals surface area contributed by atoms with Gasteiger partial charge in [-0.15, -0.1) is 0 Å². The van der Waals surface area contributed by atoms with Crippen molar-refractivity contribution in [3.8, 4) is 5.75 Å². The zero-order chi connectivity index (χ0) is 15.4. The first-order chi connectivity index (χ1) is 9.95. The van der Waals surface area contributed by atoms with Crippen LogP contribution in [-0.2, 0) is 4.79 Å².